The number of carboxylic acids is 1. The molecule has 0 spiro atoms. The monoisotopic (exact) mass is 443 g/mol. The Labute approximate surface area is 179 Å². The number of nitrogens with one attached hydrogen (secondary N) is 3. The first-order valence-electron chi connectivity index (χ1n) is 10.0. The molecule has 2 saturated heterocycles. The van der Waals surface area contributed by atoms with E-state index >= 15 is 0 Å². The molecule has 0 saturated carbocycles. The Hall–Kier alpha value is -2.34. The zero-order valence-corrected chi connectivity index (χ0v) is 17.5. The van der Waals surface area contributed by atoms with E-state index in [4.69, 9.17) is 5.73 Å². The highest BCUT2D eigenvalue weighted by molar-refractivity contribution is 7.80. The molecule has 2 aliphatic heterocycles. The van der Waals surface area contributed by atoms with Crippen molar-refractivity contribution in [3.63, 3.8) is 0 Å². The van der Waals surface area contributed by atoms with Crippen LogP contribution in [0.3, 0.4) is 0 Å². The van der Waals surface area contributed by atoms with Crippen LogP contribution in [0.5, 0.6) is 0 Å². The Morgan fingerprint density at radius 1 is 1.13 bits per heavy atom. The van der Waals surface area contributed by atoms with E-state index in [0.717, 1.165) is 19.4 Å². The minimum absolute atomic E-state index is 0.0649. The van der Waals surface area contributed by atoms with E-state index < -0.39 is 41.8 Å². The quantitative estimate of drug-likeness (QED) is 0.212. The van der Waals surface area contributed by atoms with Gasteiger partial charge >= 0.3 is 5.97 Å². The average molecular weight is 444 g/mol. The maximum absolute atomic E-state index is 12.8. The normalized spacial score (nSPS) is 22.9. The molecule has 0 aromatic heterocycles. The van der Waals surface area contributed by atoms with Crippen LogP contribution in [-0.2, 0) is 24.0 Å². The van der Waals surface area contributed by atoms with Gasteiger partial charge < -0.3 is 31.7 Å². The number of carbonyl (C=O) groups is 5. The van der Waals surface area contributed by atoms with Gasteiger partial charge in [-0.15, -0.1) is 0 Å². The SMILES string of the molecule is NC(=O)CCC(NC(=O)C(CS)NC(=O)C1CCCN1C(=O)C1CCCN1)C(=O)O. The summed E-state index contributed by atoms with van der Waals surface area (Å²) in [6.07, 6.45) is 2.44. The lowest BCUT2D eigenvalue weighted by Crippen LogP contribution is -2.57. The van der Waals surface area contributed by atoms with Gasteiger partial charge in [-0.1, -0.05) is 0 Å². The molecule has 4 unspecified atom stereocenters. The number of rotatable bonds is 10. The fourth-order valence-corrected chi connectivity index (χ4v) is 3.93. The number of aliphatic carboxylic acids is 1. The van der Waals surface area contributed by atoms with Crippen molar-refractivity contribution in [3.05, 3.63) is 0 Å². The number of primary amides is 1. The predicted octanol–water partition coefficient (Wildman–Crippen LogP) is -2.02. The van der Waals surface area contributed by atoms with Gasteiger partial charge in [0.05, 0.1) is 6.04 Å². The molecule has 2 fully saturated rings. The van der Waals surface area contributed by atoms with Gasteiger partial charge in [-0.3, -0.25) is 19.2 Å². The summed E-state index contributed by atoms with van der Waals surface area (Å²) in [5.41, 5.74) is 5.03. The van der Waals surface area contributed by atoms with Gasteiger partial charge in [-0.05, 0) is 38.6 Å². The molecule has 4 amide bonds. The van der Waals surface area contributed by atoms with Crippen molar-refractivity contribution in [2.75, 3.05) is 18.8 Å². The van der Waals surface area contributed by atoms with Crippen LogP contribution >= 0.6 is 12.6 Å². The molecule has 6 N–H and O–H groups in total. The second-order valence-corrected chi connectivity index (χ2v) is 7.85. The van der Waals surface area contributed by atoms with E-state index in [-0.39, 0.29) is 30.5 Å². The van der Waals surface area contributed by atoms with E-state index in [0.29, 0.717) is 19.4 Å². The summed E-state index contributed by atoms with van der Waals surface area (Å²) < 4.78 is 0. The van der Waals surface area contributed by atoms with Gasteiger partial charge in [-0.2, -0.15) is 12.6 Å². The molecule has 4 atom stereocenters. The average Bonchev–Trinajstić information content (AvgIpc) is 3.39. The van der Waals surface area contributed by atoms with Crippen LogP contribution in [0, 0.1) is 0 Å². The third kappa shape index (κ3) is 6.33. The number of nitrogens with two attached hydrogens (primary N) is 1. The number of thiol groups is 1. The summed E-state index contributed by atoms with van der Waals surface area (Å²) >= 11 is 4.08. The maximum atomic E-state index is 12.8. The molecule has 0 aromatic rings. The van der Waals surface area contributed by atoms with Gasteiger partial charge in [-0.25, -0.2) is 4.79 Å². The minimum Gasteiger partial charge on any atom is -0.480 e. The molecule has 0 aliphatic carbocycles. The first kappa shape index (κ1) is 23.9. The zero-order chi connectivity index (χ0) is 22.3. The van der Waals surface area contributed by atoms with E-state index in [1.807, 2.05) is 0 Å². The van der Waals surface area contributed by atoms with Crippen molar-refractivity contribution >= 4 is 42.2 Å². The van der Waals surface area contributed by atoms with Crippen LogP contribution in [0.15, 0.2) is 0 Å². The van der Waals surface area contributed by atoms with Crippen molar-refractivity contribution in [1.82, 2.24) is 20.9 Å². The lowest BCUT2D eigenvalue weighted by Gasteiger charge is -2.28. The van der Waals surface area contributed by atoms with Crippen LogP contribution in [-0.4, -0.2) is 82.6 Å². The molecule has 0 aromatic carbocycles. The molecule has 2 aliphatic rings. The second kappa shape index (κ2) is 11.2. The largest absolute Gasteiger partial charge is 0.480 e. The van der Waals surface area contributed by atoms with Gasteiger partial charge in [0.25, 0.3) is 0 Å². The van der Waals surface area contributed by atoms with E-state index in [2.05, 4.69) is 28.6 Å². The number of carbonyl (C=O) groups excluding carboxylic acids is 4. The molecular weight excluding hydrogens is 414 g/mol. The molecule has 0 bridgehead atoms. The highest BCUT2D eigenvalue weighted by Crippen LogP contribution is 2.21. The smallest absolute Gasteiger partial charge is 0.326 e. The highest BCUT2D eigenvalue weighted by atomic mass is 32.1. The number of likely N-dealkylation sites (tertiary alicyclic amines) is 1. The molecule has 168 valence electrons. The number of amides is 4. The standard InChI is InChI=1S/C18H29N5O6S/c19-14(24)6-5-11(18(28)29)21-15(25)12(9-30)22-16(26)13-4-2-8-23(13)17(27)10-3-1-7-20-10/h10-13,20,30H,1-9H2,(H2,19,24)(H,21,25)(H,22,26)(H,28,29). The summed E-state index contributed by atoms with van der Waals surface area (Å²) in [6, 6.07) is -3.37. The molecular formula is C18H29N5O6S. The van der Waals surface area contributed by atoms with Crippen molar-refractivity contribution in [2.24, 2.45) is 5.73 Å². The highest BCUT2D eigenvalue weighted by Gasteiger charge is 2.39. The Bertz CT molecular complexity index is 684. The first-order valence-corrected chi connectivity index (χ1v) is 10.6. The van der Waals surface area contributed by atoms with Crippen LogP contribution in [0.25, 0.3) is 0 Å². The molecule has 30 heavy (non-hydrogen) atoms. The lowest BCUT2D eigenvalue weighted by atomic mass is 10.1. The third-order valence-electron chi connectivity index (χ3n) is 5.31. The van der Waals surface area contributed by atoms with Gasteiger partial charge in [0.15, 0.2) is 0 Å². The number of hydrogen-bond acceptors (Lipinski definition) is 7. The predicted molar refractivity (Wildman–Crippen MR) is 110 cm³/mol. The van der Waals surface area contributed by atoms with Gasteiger partial charge in [0.2, 0.25) is 23.6 Å². The summed E-state index contributed by atoms with van der Waals surface area (Å²) in [4.78, 5) is 61.7. The summed E-state index contributed by atoms with van der Waals surface area (Å²) in [5.74, 6) is -3.39. The summed E-state index contributed by atoms with van der Waals surface area (Å²) in [7, 11) is 0. The first-order chi connectivity index (χ1) is 14.2. The van der Waals surface area contributed by atoms with Gasteiger partial charge in [0, 0.05) is 18.7 Å². The van der Waals surface area contributed by atoms with Crippen LogP contribution in [0.1, 0.15) is 38.5 Å². The van der Waals surface area contributed by atoms with E-state index in [1.165, 1.54) is 0 Å². The Kier molecular flexibility index (Phi) is 8.90. The third-order valence-corrected chi connectivity index (χ3v) is 5.67. The molecule has 2 rings (SSSR count). The zero-order valence-electron chi connectivity index (χ0n) is 16.6. The maximum Gasteiger partial charge on any atom is 0.326 e. The fourth-order valence-electron chi connectivity index (χ4n) is 3.68. The van der Waals surface area contributed by atoms with Crippen LogP contribution in [0.4, 0.5) is 0 Å². The Balaban J connectivity index is 1.96. The number of carboxylic acid groups (broad SMARTS) is 1. The number of hydrogen-bond donors (Lipinski definition) is 6. The van der Waals surface area contributed by atoms with Crippen LogP contribution in [0.2, 0.25) is 0 Å². The summed E-state index contributed by atoms with van der Waals surface area (Å²) in [6.45, 7) is 1.24. The topological polar surface area (TPSA) is 171 Å². The van der Waals surface area contributed by atoms with Crippen molar-refractivity contribution in [2.45, 2.75) is 62.7 Å². The summed E-state index contributed by atoms with van der Waals surface area (Å²) in [5, 5.41) is 17.2. The van der Waals surface area contributed by atoms with E-state index in [1.54, 1.807) is 4.90 Å². The molecule has 0 radical (unpaired) electrons. The minimum atomic E-state index is -1.32. The Morgan fingerprint density at radius 3 is 2.43 bits per heavy atom. The molecule has 11 nitrogen and oxygen atoms in total. The second-order valence-electron chi connectivity index (χ2n) is 7.49. The lowest BCUT2D eigenvalue weighted by molar-refractivity contribution is -0.143. The van der Waals surface area contributed by atoms with E-state index in [9.17, 15) is 29.1 Å². The van der Waals surface area contributed by atoms with Crippen molar-refractivity contribution in [3.8, 4) is 0 Å². The number of nitrogens with zero attached hydrogens (tertiary/aromatic N) is 1. The molecule has 2 heterocycles. The fraction of sp³-hybridized carbons (Fsp3) is 0.722. The van der Waals surface area contributed by atoms with Gasteiger partial charge in [0.1, 0.15) is 18.1 Å². The van der Waals surface area contributed by atoms with Crippen molar-refractivity contribution in [1.29, 1.82) is 0 Å². The Morgan fingerprint density at radius 2 is 1.87 bits per heavy atom. The molecule has 12 heteroatoms. The van der Waals surface area contributed by atoms with Crippen LogP contribution < -0.4 is 21.7 Å². The van der Waals surface area contributed by atoms with Crippen molar-refractivity contribution < 1.29 is 29.1 Å².